The van der Waals surface area contributed by atoms with Gasteiger partial charge in [0.15, 0.2) is 0 Å². The topological polar surface area (TPSA) is 67.2 Å². The van der Waals surface area contributed by atoms with E-state index < -0.39 is 0 Å². The van der Waals surface area contributed by atoms with E-state index in [4.69, 9.17) is 0 Å². The van der Waals surface area contributed by atoms with Crippen molar-refractivity contribution in [2.45, 2.75) is 70.4 Å². The molecule has 0 spiro atoms. The number of likely N-dealkylation sites (tertiary alicyclic amines) is 1. The SMILES string of the molecule is Cc1ccc(C2(CN3CCC(NC(=O)Cn4nc(C)ccc4=O)CC3)CCCC2)cc1. The molecule has 1 aliphatic heterocycles. The zero-order valence-electron chi connectivity index (χ0n) is 18.8. The van der Waals surface area contributed by atoms with Crippen molar-refractivity contribution in [3.8, 4) is 0 Å². The Labute approximate surface area is 184 Å². The molecule has 166 valence electrons. The molecule has 2 aliphatic rings. The number of piperidine rings is 1. The van der Waals surface area contributed by atoms with Crippen LogP contribution in [0.1, 0.15) is 55.3 Å². The molecule has 1 N–H and O–H groups in total. The Morgan fingerprint density at radius 2 is 1.74 bits per heavy atom. The van der Waals surface area contributed by atoms with Gasteiger partial charge in [-0.25, -0.2) is 4.68 Å². The van der Waals surface area contributed by atoms with Crippen LogP contribution in [0.2, 0.25) is 0 Å². The van der Waals surface area contributed by atoms with Crippen LogP contribution in [0, 0.1) is 13.8 Å². The minimum Gasteiger partial charge on any atom is -0.352 e. The van der Waals surface area contributed by atoms with Gasteiger partial charge in [0.25, 0.3) is 5.56 Å². The maximum absolute atomic E-state index is 12.4. The van der Waals surface area contributed by atoms with Crippen molar-refractivity contribution in [3.63, 3.8) is 0 Å². The highest BCUT2D eigenvalue weighted by molar-refractivity contribution is 5.75. The molecule has 0 unspecified atom stereocenters. The van der Waals surface area contributed by atoms with Crippen molar-refractivity contribution in [2.24, 2.45) is 0 Å². The average molecular weight is 423 g/mol. The van der Waals surface area contributed by atoms with Gasteiger partial charge in [-0.1, -0.05) is 42.7 Å². The predicted molar refractivity (Wildman–Crippen MR) is 122 cm³/mol. The summed E-state index contributed by atoms with van der Waals surface area (Å²) in [5.41, 5.74) is 3.57. The monoisotopic (exact) mass is 422 g/mol. The van der Waals surface area contributed by atoms with Gasteiger partial charge in [-0.05, 0) is 51.2 Å². The molecule has 1 aromatic heterocycles. The molecule has 6 nitrogen and oxygen atoms in total. The highest BCUT2D eigenvalue weighted by Crippen LogP contribution is 2.42. The van der Waals surface area contributed by atoms with E-state index in [9.17, 15) is 9.59 Å². The number of nitrogens with zero attached hydrogens (tertiary/aromatic N) is 3. The molecule has 1 aliphatic carbocycles. The Morgan fingerprint density at radius 3 is 2.42 bits per heavy atom. The normalized spacial score (nSPS) is 19.4. The van der Waals surface area contributed by atoms with Gasteiger partial charge in [-0.3, -0.25) is 9.59 Å². The quantitative estimate of drug-likeness (QED) is 0.777. The zero-order valence-corrected chi connectivity index (χ0v) is 18.8. The standard InChI is InChI=1S/C25H34N4O2/c1-19-5-8-21(9-6-19)25(13-3-4-14-25)18-28-15-11-22(12-16-28)26-23(30)17-29-24(31)10-7-20(2)27-29/h5-10,22H,3-4,11-18H2,1-2H3,(H,26,30). The van der Waals surface area contributed by atoms with Crippen LogP contribution >= 0.6 is 0 Å². The number of aryl methyl sites for hydroxylation is 2. The van der Waals surface area contributed by atoms with E-state index >= 15 is 0 Å². The Morgan fingerprint density at radius 1 is 1.06 bits per heavy atom. The summed E-state index contributed by atoms with van der Waals surface area (Å²) in [5.74, 6) is -0.134. The second kappa shape index (κ2) is 9.35. The molecule has 31 heavy (non-hydrogen) atoms. The molecule has 0 atom stereocenters. The van der Waals surface area contributed by atoms with Crippen LogP contribution in [0.5, 0.6) is 0 Å². The fourth-order valence-corrected chi connectivity index (χ4v) is 5.23. The minimum atomic E-state index is -0.242. The predicted octanol–water partition coefficient (Wildman–Crippen LogP) is 2.95. The number of aromatic nitrogens is 2. The number of amides is 1. The van der Waals surface area contributed by atoms with Crippen LogP contribution in [-0.2, 0) is 16.8 Å². The minimum absolute atomic E-state index is 0.0166. The molecule has 1 saturated heterocycles. The summed E-state index contributed by atoms with van der Waals surface area (Å²) in [7, 11) is 0. The van der Waals surface area contributed by atoms with Gasteiger partial charge in [0.2, 0.25) is 5.91 Å². The maximum Gasteiger partial charge on any atom is 0.267 e. The molecule has 1 aromatic carbocycles. The Kier molecular flexibility index (Phi) is 6.56. The average Bonchev–Trinajstić information content (AvgIpc) is 3.22. The van der Waals surface area contributed by atoms with Crippen molar-refractivity contribution in [2.75, 3.05) is 19.6 Å². The van der Waals surface area contributed by atoms with Crippen molar-refractivity contribution < 1.29 is 4.79 Å². The molecule has 1 saturated carbocycles. The first-order chi connectivity index (χ1) is 14.9. The molecule has 1 amide bonds. The number of hydrogen-bond donors (Lipinski definition) is 1. The highest BCUT2D eigenvalue weighted by Gasteiger charge is 2.38. The van der Waals surface area contributed by atoms with Crippen LogP contribution in [0.3, 0.4) is 0 Å². The van der Waals surface area contributed by atoms with Crippen LogP contribution < -0.4 is 10.9 Å². The lowest BCUT2D eigenvalue weighted by atomic mass is 9.77. The van der Waals surface area contributed by atoms with Gasteiger partial charge >= 0.3 is 0 Å². The van der Waals surface area contributed by atoms with Crippen molar-refractivity contribution in [1.29, 1.82) is 0 Å². The summed E-state index contributed by atoms with van der Waals surface area (Å²) in [5, 5.41) is 7.26. The second-order valence-corrected chi connectivity index (χ2v) is 9.44. The second-order valence-electron chi connectivity index (χ2n) is 9.44. The third-order valence-corrected chi connectivity index (χ3v) is 7.00. The smallest absolute Gasteiger partial charge is 0.267 e. The fraction of sp³-hybridized carbons (Fsp3) is 0.560. The van der Waals surface area contributed by atoms with Gasteiger partial charge in [-0.15, -0.1) is 0 Å². The van der Waals surface area contributed by atoms with Crippen molar-refractivity contribution in [1.82, 2.24) is 20.0 Å². The molecule has 0 radical (unpaired) electrons. The highest BCUT2D eigenvalue weighted by atomic mass is 16.2. The number of benzene rings is 1. The lowest BCUT2D eigenvalue weighted by Gasteiger charge is -2.39. The van der Waals surface area contributed by atoms with E-state index in [1.807, 2.05) is 6.92 Å². The summed E-state index contributed by atoms with van der Waals surface area (Å²) in [6, 6.07) is 12.4. The van der Waals surface area contributed by atoms with Crippen LogP contribution in [0.25, 0.3) is 0 Å². The molecule has 2 aromatic rings. The molecule has 0 bridgehead atoms. The number of carbonyl (C=O) groups excluding carboxylic acids is 1. The summed E-state index contributed by atoms with van der Waals surface area (Å²) in [6.45, 7) is 7.06. The van der Waals surface area contributed by atoms with E-state index in [2.05, 4.69) is 46.5 Å². The molecule has 2 heterocycles. The first kappa shape index (κ1) is 21.8. The number of nitrogens with one attached hydrogen (secondary N) is 1. The Bertz CT molecular complexity index is 952. The van der Waals surface area contributed by atoms with E-state index in [1.54, 1.807) is 6.07 Å². The molecule has 2 fully saturated rings. The lowest BCUT2D eigenvalue weighted by molar-refractivity contribution is -0.123. The third kappa shape index (κ3) is 5.24. The fourth-order valence-electron chi connectivity index (χ4n) is 5.23. The van der Waals surface area contributed by atoms with Gasteiger partial charge < -0.3 is 10.2 Å². The van der Waals surface area contributed by atoms with Gasteiger partial charge in [0.05, 0.1) is 5.69 Å². The summed E-state index contributed by atoms with van der Waals surface area (Å²) >= 11 is 0. The Balaban J connectivity index is 1.31. The van der Waals surface area contributed by atoms with E-state index in [0.29, 0.717) is 0 Å². The molecular weight excluding hydrogens is 388 g/mol. The largest absolute Gasteiger partial charge is 0.352 e. The number of rotatable bonds is 6. The van der Waals surface area contributed by atoms with E-state index in [0.717, 1.165) is 38.2 Å². The van der Waals surface area contributed by atoms with E-state index in [-0.39, 0.29) is 29.5 Å². The maximum atomic E-state index is 12.4. The number of hydrogen-bond acceptors (Lipinski definition) is 4. The summed E-state index contributed by atoms with van der Waals surface area (Å²) in [4.78, 5) is 26.9. The lowest BCUT2D eigenvalue weighted by Crippen LogP contribution is -2.49. The third-order valence-electron chi connectivity index (χ3n) is 7.00. The zero-order chi connectivity index (χ0) is 21.8. The van der Waals surface area contributed by atoms with E-state index in [1.165, 1.54) is 47.6 Å². The molecule has 4 rings (SSSR count). The number of carbonyl (C=O) groups is 1. The van der Waals surface area contributed by atoms with Crippen LogP contribution in [0.15, 0.2) is 41.2 Å². The summed E-state index contributed by atoms with van der Waals surface area (Å²) in [6.07, 6.45) is 7.06. The Hall–Kier alpha value is -2.47. The van der Waals surface area contributed by atoms with Gasteiger partial charge in [0.1, 0.15) is 6.54 Å². The molecular formula is C25H34N4O2. The van der Waals surface area contributed by atoms with Crippen molar-refractivity contribution in [3.05, 3.63) is 63.6 Å². The van der Waals surface area contributed by atoms with Crippen molar-refractivity contribution >= 4 is 5.91 Å². The molecule has 6 heteroatoms. The van der Waals surface area contributed by atoms with Gasteiger partial charge in [-0.2, -0.15) is 5.10 Å². The van der Waals surface area contributed by atoms with Crippen LogP contribution in [-0.4, -0.2) is 46.3 Å². The first-order valence-corrected chi connectivity index (χ1v) is 11.6. The van der Waals surface area contributed by atoms with Gasteiger partial charge in [0, 0.05) is 37.2 Å². The summed E-state index contributed by atoms with van der Waals surface area (Å²) < 4.78 is 1.24. The van der Waals surface area contributed by atoms with Crippen LogP contribution in [0.4, 0.5) is 0 Å². The first-order valence-electron chi connectivity index (χ1n) is 11.6.